The number of fused-ring (bicyclic) bond motifs is 1. The molecule has 0 atom stereocenters. The monoisotopic (exact) mass is 299 g/mol. The Labute approximate surface area is 130 Å². The topological polar surface area (TPSA) is 46.6 Å². The number of anilines is 1. The third-order valence-corrected chi connectivity index (χ3v) is 4.42. The number of para-hydroxylation sites is 1. The molecule has 116 valence electrons. The van der Waals surface area contributed by atoms with Crippen molar-refractivity contribution in [1.82, 2.24) is 0 Å². The lowest BCUT2D eigenvalue weighted by atomic mass is 10.1. The summed E-state index contributed by atoms with van der Waals surface area (Å²) < 4.78 is 4.95. The maximum absolute atomic E-state index is 12.7. The van der Waals surface area contributed by atoms with Gasteiger partial charge in [-0.25, -0.2) is 4.79 Å². The van der Waals surface area contributed by atoms with Crippen molar-refractivity contribution in [3.05, 3.63) is 35.9 Å². The number of rotatable bonds is 4. The predicted octanol–water partition coefficient (Wildman–Crippen LogP) is 3.17. The fraction of sp³-hybridized carbons (Fsp3) is 0.444. The molecule has 1 aliphatic heterocycles. The van der Waals surface area contributed by atoms with Crippen molar-refractivity contribution in [3.63, 3.8) is 0 Å². The van der Waals surface area contributed by atoms with Crippen LogP contribution in [0.25, 0.3) is 5.57 Å². The molecule has 22 heavy (non-hydrogen) atoms. The molecule has 2 aliphatic rings. The number of benzene rings is 1. The summed E-state index contributed by atoms with van der Waals surface area (Å²) >= 11 is 0. The van der Waals surface area contributed by atoms with Crippen LogP contribution in [0.15, 0.2) is 30.3 Å². The second-order valence-electron chi connectivity index (χ2n) is 5.89. The Bertz CT molecular complexity index is 615. The van der Waals surface area contributed by atoms with Crippen LogP contribution >= 0.6 is 0 Å². The van der Waals surface area contributed by atoms with Crippen molar-refractivity contribution >= 4 is 23.1 Å². The second kappa shape index (κ2) is 6.34. The second-order valence-corrected chi connectivity index (χ2v) is 5.89. The molecule has 1 heterocycles. The van der Waals surface area contributed by atoms with Crippen LogP contribution < -0.4 is 4.90 Å². The minimum Gasteiger partial charge on any atom is -0.463 e. The molecule has 1 saturated carbocycles. The molecule has 0 radical (unpaired) electrons. The van der Waals surface area contributed by atoms with Crippen molar-refractivity contribution in [2.24, 2.45) is 5.92 Å². The standard InChI is InChI=1S/C18H21NO3/c1-2-22-17(20)11-15-14-9-5-6-10-16(14)19(18(15)21)12-13-7-3-4-8-13/h5-6,9-11,13H,2-4,7-8,12H2,1H3/b15-11+. The van der Waals surface area contributed by atoms with Gasteiger partial charge in [0.2, 0.25) is 0 Å². The van der Waals surface area contributed by atoms with Gasteiger partial charge in [-0.3, -0.25) is 4.79 Å². The van der Waals surface area contributed by atoms with E-state index in [1.54, 1.807) is 6.92 Å². The number of amides is 1. The molecule has 0 spiro atoms. The minimum atomic E-state index is -0.455. The fourth-order valence-electron chi connectivity index (χ4n) is 3.38. The molecule has 4 nitrogen and oxygen atoms in total. The molecule has 0 saturated heterocycles. The van der Waals surface area contributed by atoms with E-state index in [0.29, 0.717) is 18.1 Å². The van der Waals surface area contributed by atoms with Gasteiger partial charge in [0.15, 0.2) is 0 Å². The van der Waals surface area contributed by atoms with Crippen molar-refractivity contribution < 1.29 is 14.3 Å². The lowest BCUT2D eigenvalue weighted by Crippen LogP contribution is -2.31. The number of hydrogen-bond acceptors (Lipinski definition) is 3. The molecule has 1 amide bonds. The third-order valence-electron chi connectivity index (χ3n) is 4.42. The number of hydrogen-bond donors (Lipinski definition) is 0. The van der Waals surface area contributed by atoms with Gasteiger partial charge in [0, 0.05) is 18.2 Å². The maximum Gasteiger partial charge on any atom is 0.331 e. The van der Waals surface area contributed by atoms with Gasteiger partial charge >= 0.3 is 5.97 Å². The summed E-state index contributed by atoms with van der Waals surface area (Å²) in [5.74, 6) is 0.0310. The van der Waals surface area contributed by atoms with Gasteiger partial charge in [-0.1, -0.05) is 31.0 Å². The molecule has 0 N–H and O–H groups in total. The van der Waals surface area contributed by atoms with Gasteiger partial charge in [0.1, 0.15) is 0 Å². The van der Waals surface area contributed by atoms with Crippen molar-refractivity contribution in [2.75, 3.05) is 18.1 Å². The number of nitrogens with zero attached hydrogens (tertiary/aromatic N) is 1. The molecule has 0 unspecified atom stereocenters. The molecule has 1 aromatic carbocycles. The number of carbonyl (C=O) groups is 2. The number of ether oxygens (including phenoxy) is 1. The highest BCUT2D eigenvalue weighted by atomic mass is 16.5. The maximum atomic E-state index is 12.7. The van der Waals surface area contributed by atoms with E-state index in [1.807, 2.05) is 29.2 Å². The summed E-state index contributed by atoms with van der Waals surface area (Å²) in [4.78, 5) is 26.3. The van der Waals surface area contributed by atoms with Crippen LogP contribution in [0.5, 0.6) is 0 Å². The summed E-state index contributed by atoms with van der Waals surface area (Å²) in [5.41, 5.74) is 2.19. The van der Waals surface area contributed by atoms with Gasteiger partial charge in [0.05, 0.1) is 17.9 Å². The van der Waals surface area contributed by atoms with E-state index in [1.165, 1.54) is 31.8 Å². The highest BCUT2D eigenvalue weighted by molar-refractivity contribution is 6.34. The van der Waals surface area contributed by atoms with Gasteiger partial charge < -0.3 is 9.64 Å². The Morgan fingerprint density at radius 1 is 1.32 bits per heavy atom. The molecule has 0 bridgehead atoms. The van der Waals surface area contributed by atoms with Crippen LogP contribution in [0.4, 0.5) is 5.69 Å². The highest BCUT2D eigenvalue weighted by Crippen LogP contribution is 2.38. The third kappa shape index (κ3) is 2.78. The van der Waals surface area contributed by atoms with Crippen LogP contribution in [-0.4, -0.2) is 25.0 Å². The van der Waals surface area contributed by atoms with Gasteiger partial charge in [-0.05, 0) is 31.7 Å². The Morgan fingerprint density at radius 2 is 2.05 bits per heavy atom. The van der Waals surface area contributed by atoms with E-state index in [9.17, 15) is 9.59 Å². The van der Waals surface area contributed by atoms with E-state index in [-0.39, 0.29) is 5.91 Å². The van der Waals surface area contributed by atoms with E-state index < -0.39 is 5.97 Å². The van der Waals surface area contributed by atoms with Crippen molar-refractivity contribution in [2.45, 2.75) is 32.6 Å². The van der Waals surface area contributed by atoms with Crippen molar-refractivity contribution in [3.8, 4) is 0 Å². The van der Waals surface area contributed by atoms with Gasteiger partial charge in [-0.2, -0.15) is 0 Å². The molecular formula is C18H21NO3. The molecular weight excluding hydrogens is 278 g/mol. The Balaban J connectivity index is 1.90. The van der Waals surface area contributed by atoms with Crippen LogP contribution in [0.3, 0.4) is 0 Å². The summed E-state index contributed by atoms with van der Waals surface area (Å²) in [5, 5.41) is 0. The first-order valence-corrected chi connectivity index (χ1v) is 8.00. The van der Waals surface area contributed by atoms with Gasteiger partial charge in [-0.15, -0.1) is 0 Å². The summed E-state index contributed by atoms with van der Waals surface area (Å²) in [6.07, 6.45) is 6.20. The first kappa shape index (κ1) is 14.8. The summed E-state index contributed by atoms with van der Waals surface area (Å²) in [6, 6.07) is 7.67. The molecule has 4 heteroatoms. The highest BCUT2D eigenvalue weighted by Gasteiger charge is 2.34. The number of esters is 1. The predicted molar refractivity (Wildman–Crippen MR) is 85.4 cm³/mol. The average Bonchev–Trinajstić information content (AvgIpc) is 3.11. The first-order valence-electron chi connectivity index (χ1n) is 8.00. The van der Waals surface area contributed by atoms with Crippen LogP contribution in [-0.2, 0) is 14.3 Å². The van der Waals surface area contributed by atoms with Crippen molar-refractivity contribution in [1.29, 1.82) is 0 Å². The molecule has 1 aliphatic carbocycles. The Kier molecular flexibility index (Phi) is 4.27. The fourth-order valence-corrected chi connectivity index (χ4v) is 3.38. The number of carbonyl (C=O) groups excluding carboxylic acids is 2. The SMILES string of the molecule is CCOC(=O)/C=C1/C(=O)N(CC2CCCC2)c2ccccc21. The van der Waals surface area contributed by atoms with E-state index in [2.05, 4.69) is 0 Å². The lowest BCUT2D eigenvalue weighted by molar-refractivity contribution is -0.137. The zero-order chi connectivity index (χ0) is 15.5. The van der Waals surface area contributed by atoms with E-state index in [4.69, 9.17) is 4.74 Å². The first-order chi connectivity index (χ1) is 10.7. The van der Waals surface area contributed by atoms with E-state index in [0.717, 1.165) is 17.8 Å². The lowest BCUT2D eigenvalue weighted by Gasteiger charge is -2.21. The molecule has 3 rings (SSSR count). The smallest absolute Gasteiger partial charge is 0.331 e. The van der Waals surface area contributed by atoms with Crippen LogP contribution in [0, 0.1) is 5.92 Å². The quantitative estimate of drug-likeness (QED) is 0.633. The minimum absolute atomic E-state index is 0.0823. The normalized spacial score (nSPS) is 19.8. The average molecular weight is 299 g/mol. The summed E-state index contributed by atoms with van der Waals surface area (Å²) in [6.45, 7) is 2.81. The zero-order valence-electron chi connectivity index (χ0n) is 12.9. The largest absolute Gasteiger partial charge is 0.463 e. The zero-order valence-corrected chi connectivity index (χ0v) is 12.9. The Hall–Kier alpha value is -2.10. The van der Waals surface area contributed by atoms with Crippen LogP contribution in [0.2, 0.25) is 0 Å². The molecule has 1 fully saturated rings. The molecule has 1 aromatic rings. The van der Waals surface area contributed by atoms with Crippen LogP contribution in [0.1, 0.15) is 38.2 Å². The van der Waals surface area contributed by atoms with E-state index >= 15 is 0 Å². The Morgan fingerprint density at radius 3 is 2.77 bits per heavy atom. The summed E-state index contributed by atoms with van der Waals surface area (Å²) in [7, 11) is 0. The van der Waals surface area contributed by atoms with Gasteiger partial charge in [0.25, 0.3) is 5.91 Å². The molecule has 0 aromatic heterocycles.